The van der Waals surface area contributed by atoms with Gasteiger partial charge in [-0.3, -0.25) is 5.43 Å². The summed E-state index contributed by atoms with van der Waals surface area (Å²) in [4.78, 5) is 0. The molecule has 0 atom stereocenters. The Morgan fingerprint density at radius 3 is 2.44 bits per heavy atom. The van der Waals surface area contributed by atoms with Gasteiger partial charge in [0.2, 0.25) is 0 Å². The van der Waals surface area contributed by atoms with Crippen molar-refractivity contribution in [3.63, 3.8) is 0 Å². The molecule has 0 fully saturated rings. The molecular formula is C13H9Cl2FN2. The summed E-state index contributed by atoms with van der Waals surface area (Å²) in [7, 11) is 0. The van der Waals surface area contributed by atoms with Crippen LogP contribution in [0.15, 0.2) is 47.6 Å². The van der Waals surface area contributed by atoms with Crippen molar-refractivity contribution in [1.82, 2.24) is 0 Å². The second-order valence-corrected chi connectivity index (χ2v) is 4.39. The van der Waals surface area contributed by atoms with Gasteiger partial charge in [-0.25, -0.2) is 4.39 Å². The molecule has 18 heavy (non-hydrogen) atoms. The van der Waals surface area contributed by atoms with Crippen LogP contribution in [0.2, 0.25) is 10.0 Å². The summed E-state index contributed by atoms with van der Waals surface area (Å²) in [5, 5.41) is 5.10. The molecule has 2 nitrogen and oxygen atoms in total. The SMILES string of the molecule is Fc1ccc(N/N=C/c2ccc(Cl)cc2Cl)cc1. The molecular weight excluding hydrogens is 274 g/mol. The largest absolute Gasteiger partial charge is 0.279 e. The van der Waals surface area contributed by atoms with Gasteiger partial charge in [0.1, 0.15) is 5.82 Å². The number of nitrogens with one attached hydrogen (secondary N) is 1. The molecule has 2 aromatic carbocycles. The van der Waals surface area contributed by atoms with Gasteiger partial charge in [0, 0.05) is 10.6 Å². The molecule has 0 aliphatic carbocycles. The highest BCUT2D eigenvalue weighted by atomic mass is 35.5. The van der Waals surface area contributed by atoms with Gasteiger partial charge >= 0.3 is 0 Å². The smallest absolute Gasteiger partial charge is 0.123 e. The molecule has 0 saturated carbocycles. The third kappa shape index (κ3) is 3.45. The lowest BCUT2D eigenvalue weighted by atomic mass is 10.2. The van der Waals surface area contributed by atoms with Gasteiger partial charge in [-0.2, -0.15) is 5.10 Å². The Labute approximate surface area is 114 Å². The third-order valence-electron chi connectivity index (χ3n) is 2.20. The lowest BCUT2D eigenvalue weighted by Gasteiger charge is -2.00. The zero-order valence-electron chi connectivity index (χ0n) is 9.20. The molecule has 2 rings (SSSR count). The Kier molecular flexibility index (Phi) is 4.18. The Balaban J connectivity index is 2.05. The molecule has 1 N–H and O–H groups in total. The van der Waals surface area contributed by atoms with Crippen molar-refractivity contribution >= 4 is 35.1 Å². The van der Waals surface area contributed by atoms with E-state index in [2.05, 4.69) is 10.5 Å². The van der Waals surface area contributed by atoms with E-state index in [9.17, 15) is 4.39 Å². The van der Waals surface area contributed by atoms with E-state index < -0.39 is 0 Å². The van der Waals surface area contributed by atoms with Gasteiger partial charge in [0.25, 0.3) is 0 Å². The van der Waals surface area contributed by atoms with E-state index in [4.69, 9.17) is 23.2 Å². The van der Waals surface area contributed by atoms with Crippen molar-refractivity contribution in [2.45, 2.75) is 0 Å². The van der Waals surface area contributed by atoms with E-state index in [1.54, 1.807) is 36.5 Å². The molecule has 0 amide bonds. The minimum atomic E-state index is -0.287. The second kappa shape index (κ2) is 5.85. The number of benzene rings is 2. The fourth-order valence-electron chi connectivity index (χ4n) is 1.31. The first kappa shape index (κ1) is 12.9. The predicted octanol–water partition coefficient (Wildman–Crippen LogP) is 4.58. The van der Waals surface area contributed by atoms with Crippen LogP contribution in [0.1, 0.15) is 5.56 Å². The van der Waals surface area contributed by atoms with E-state index in [0.717, 1.165) is 5.56 Å². The minimum absolute atomic E-state index is 0.287. The van der Waals surface area contributed by atoms with Crippen LogP contribution in [0.3, 0.4) is 0 Å². The van der Waals surface area contributed by atoms with Gasteiger partial charge in [0.05, 0.1) is 16.9 Å². The minimum Gasteiger partial charge on any atom is -0.279 e. The number of nitrogens with zero attached hydrogens (tertiary/aromatic N) is 1. The van der Waals surface area contributed by atoms with Gasteiger partial charge in [-0.15, -0.1) is 0 Å². The molecule has 0 spiro atoms. The van der Waals surface area contributed by atoms with Crippen LogP contribution in [0.25, 0.3) is 0 Å². The monoisotopic (exact) mass is 282 g/mol. The quantitative estimate of drug-likeness (QED) is 0.647. The van der Waals surface area contributed by atoms with Crippen molar-refractivity contribution in [1.29, 1.82) is 0 Å². The summed E-state index contributed by atoms with van der Waals surface area (Å²) in [5.74, 6) is -0.287. The highest BCUT2D eigenvalue weighted by molar-refractivity contribution is 6.36. The lowest BCUT2D eigenvalue weighted by molar-refractivity contribution is 0.628. The van der Waals surface area contributed by atoms with Gasteiger partial charge in [0.15, 0.2) is 0 Å². The van der Waals surface area contributed by atoms with Crippen molar-refractivity contribution < 1.29 is 4.39 Å². The van der Waals surface area contributed by atoms with Crippen LogP contribution in [0, 0.1) is 5.82 Å². The van der Waals surface area contributed by atoms with Crippen molar-refractivity contribution in [2.75, 3.05) is 5.43 Å². The summed E-state index contributed by atoms with van der Waals surface area (Å²) in [6.07, 6.45) is 1.57. The van der Waals surface area contributed by atoms with Crippen molar-refractivity contribution in [2.24, 2.45) is 5.10 Å². The zero-order chi connectivity index (χ0) is 13.0. The highest BCUT2D eigenvalue weighted by Crippen LogP contribution is 2.19. The summed E-state index contributed by atoms with van der Waals surface area (Å²) < 4.78 is 12.7. The third-order valence-corrected chi connectivity index (χ3v) is 2.77. The van der Waals surface area contributed by atoms with E-state index >= 15 is 0 Å². The molecule has 0 aliphatic rings. The molecule has 0 bridgehead atoms. The van der Waals surface area contributed by atoms with Crippen LogP contribution < -0.4 is 5.43 Å². The van der Waals surface area contributed by atoms with Gasteiger partial charge in [-0.1, -0.05) is 29.3 Å². The van der Waals surface area contributed by atoms with Crippen LogP contribution >= 0.6 is 23.2 Å². The molecule has 5 heteroatoms. The number of rotatable bonds is 3. The maximum Gasteiger partial charge on any atom is 0.123 e. The topological polar surface area (TPSA) is 24.4 Å². The Hall–Kier alpha value is -1.58. The van der Waals surface area contributed by atoms with E-state index in [-0.39, 0.29) is 5.82 Å². The highest BCUT2D eigenvalue weighted by Gasteiger charge is 1.97. The second-order valence-electron chi connectivity index (χ2n) is 3.54. The standard InChI is InChI=1S/C13H9Cl2FN2/c14-10-2-1-9(13(15)7-10)8-17-18-12-5-3-11(16)4-6-12/h1-8,18H/b17-8+. The predicted molar refractivity (Wildman–Crippen MR) is 74.1 cm³/mol. The first-order valence-electron chi connectivity index (χ1n) is 5.15. The number of hydrogen-bond acceptors (Lipinski definition) is 2. The van der Waals surface area contributed by atoms with Crippen LogP contribution in [0.4, 0.5) is 10.1 Å². The fraction of sp³-hybridized carbons (Fsp3) is 0. The molecule has 0 unspecified atom stereocenters. The first-order chi connectivity index (χ1) is 8.65. The van der Waals surface area contributed by atoms with Gasteiger partial charge < -0.3 is 0 Å². The Morgan fingerprint density at radius 2 is 1.78 bits per heavy atom. The number of hydrazone groups is 1. The van der Waals surface area contributed by atoms with E-state index in [1.807, 2.05) is 0 Å². The van der Waals surface area contributed by atoms with E-state index in [1.165, 1.54) is 12.1 Å². The normalized spacial score (nSPS) is 10.8. The van der Waals surface area contributed by atoms with Crippen molar-refractivity contribution in [3.05, 3.63) is 63.9 Å². The van der Waals surface area contributed by atoms with E-state index in [0.29, 0.717) is 15.7 Å². The maximum absolute atomic E-state index is 12.7. The summed E-state index contributed by atoms with van der Waals surface area (Å²) in [6.45, 7) is 0. The Bertz CT molecular complexity index is 568. The molecule has 2 aromatic rings. The number of halogens is 3. The lowest BCUT2D eigenvalue weighted by Crippen LogP contribution is -1.91. The molecule has 0 aliphatic heterocycles. The molecule has 0 radical (unpaired) electrons. The summed E-state index contributed by atoms with van der Waals surface area (Å²) in [5.41, 5.74) is 4.21. The van der Waals surface area contributed by atoms with Crippen LogP contribution in [0.5, 0.6) is 0 Å². The maximum atomic E-state index is 12.7. The fourth-order valence-corrected chi connectivity index (χ4v) is 1.76. The molecule has 0 heterocycles. The number of hydrogen-bond donors (Lipinski definition) is 1. The van der Waals surface area contributed by atoms with Gasteiger partial charge in [-0.05, 0) is 36.4 Å². The van der Waals surface area contributed by atoms with Crippen molar-refractivity contribution in [3.8, 4) is 0 Å². The number of anilines is 1. The molecule has 92 valence electrons. The summed E-state index contributed by atoms with van der Waals surface area (Å²) >= 11 is 11.8. The van der Waals surface area contributed by atoms with Crippen LogP contribution in [-0.2, 0) is 0 Å². The average molecular weight is 283 g/mol. The van der Waals surface area contributed by atoms with Crippen LogP contribution in [-0.4, -0.2) is 6.21 Å². The molecule has 0 saturated heterocycles. The zero-order valence-corrected chi connectivity index (χ0v) is 10.7. The Morgan fingerprint density at radius 1 is 1.06 bits per heavy atom. The first-order valence-corrected chi connectivity index (χ1v) is 5.90. The average Bonchev–Trinajstić information content (AvgIpc) is 2.34. The molecule has 0 aromatic heterocycles. The summed E-state index contributed by atoms with van der Waals surface area (Å²) in [6, 6.07) is 11.0.